The molecule has 0 bridgehead atoms. The molecule has 2 aromatic carbocycles. The summed E-state index contributed by atoms with van der Waals surface area (Å²) in [4.78, 5) is 14.2. The average Bonchev–Trinajstić information content (AvgIpc) is 3.82. The number of hydrogen-bond acceptors (Lipinski definition) is 5. The highest BCUT2D eigenvalue weighted by Gasteiger charge is 2.33. The summed E-state index contributed by atoms with van der Waals surface area (Å²) in [6, 6.07) is 10.2. The second kappa shape index (κ2) is 12.2. The number of nitrogens with zero attached hydrogens (tertiary/aromatic N) is 6. The molecule has 12 heteroatoms. The van der Waals surface area contributed by atoms with Crippen molar-refractivity contribution >= 4 is 45.9 Å². The van der Waals surface area contributed by atoms with E-state index in [2.05, 4.69) is 63.4 Å². The van der Waals surface area contributed by atoms with Crippen molar-refractivity contribution in [2.45, 2.75) is 70.4 Å². The Morgan fingerprint density at radius 3 is 2.80 bits per heavy atom. The summed E-state index contributed by atoms with van der Waals surface area (Å²) in [6.45, 7) is 3.50. The summed E-state index contributed by atoms with van der Waals surface area (Å²) in [6.07, 6.45) is 11.0. The van der Waals surface area contributed by atoms with Crippen molar-refractivity contribution in [2.75, 3.05) is 12.4 Å². The summed E-state index contributed by atoms with van der Waals surface area (Å²) in [5, 5.41) is 18.5. The predicted molar refractivity (Wildman–Crippen MR) is 177 cm³/mol. The highest BCUT2D eigenvalue weighted by molar-refractivity contribution is 6.42. The Balaban J connectivity index is 1.20. The molecule has 4 heterocycles. The van der Waals surface area contributed by atoms with Crippen LogP contribution in [0.15, 0.2) is 55.2 Å². The van der Waals surface area contributed by atoms with E-state index in [0.29, 0.717) is 38.6 Å². The number of nitrogens with one attached hydrogen (secondary N) is 3. The first-order valence-corrected chi connectivity index (χ1v) is 16.2. The van der Waals surface area contributed by atoms with Gasteiger partial charge in [0.25, 0.3) is 0 Å². The number of rotatable bonds is 8. The first kappa shape index (κ1) is 30.0. The van der Waals surface area contributed by atoms with Crippen molar-refractivity contribution in [3.05, 3.63) is 82.2 Å². The van der Waals surface area contributed by atoms with Gasteiger partial charge in [-0.05, 0) is 43.0 Å². The molecule has 234 valence electrons. The SMILES string of the molecule is CC1CCCC(N(C)Cc2ccc(-c3cc(Cl)c4cn(C(C(=N)Nc5ncc[nH]5)c5ncn6c5C[C@@H](F)C6)nc4c3Cl)cc2)C1. The second-order valence-electron chi connectivity index (χ2n) is 12.5. The Morgan fingerprint density at radius 2 is 2.04 bits per heavy atom. The molecule has 45 heavy (non-hydrogen) atoms. The highest BCUT2D eigenvalue weighted by atomic mass is 35.5. The molecule has 4 atom stereocenters. The molecule has 3 N–H and O–H groups in total. The number of halogens is 3. The van der Waals surface area contributed by atoms with E-state index in [1.165, 1.54) is 31.2 Å². The molecule has 7 rings (SSSR count). The van der Waals surface area contributed by atoms with Crippen molar-refractivity contribution in [2.24, 2.45) is 5.92 Å². The van der Waals surface area contributed by atoms with E-state index in [0.717, 1.165) is 29.3 Å². The van der Waals surface area contributed by atoms with Gasteiger partial charge in [0.1, 0.15) is 17.5 Å². The number of fused-ring (bicyclic) bond motifs is 2. The van der Waals surface area contributed by atoms with E-state index < -0.39 is 12.2 Å². The van der Waals surface area contributed by atoms with Crippen molar-refractivity contribution in [3.63, 3.8) is 0 Å². The minimum absolute atomic E-state index is 0.0669. The lowest BCUT2D eigenvalue weighted by atomic mass is 9.86. The minimum Gasteiger partial charge on any atom is -0.331 e. The Labute approximate surface area is 271 Å². The zero-order valence-corrected chi connectivity index (χ0v) is 26.8. The fourth-order valence-corrected chi connectivity index (χ4v) is 7.47. The number of hydrogen-bond donors (Lipinski definition) is 3. The molecule has 1 fully saturated rings. The number of aromatic nitrogens is 6. The van der Waals surface area contributed by atoms with Gasteiger partial charge in [0.05, 0.1) is 28.6 Å². The van der Waals surface area contributed by atoms with Crippen LogP contribution in [0.25, 0.3) is 22.0 Å². The van der Waals surface area contributed by atoms with Crippen molar-refractivity contribution in [1.29, 1.82) is 5.41 Å². The zero-order chi connectivity index (χ0) is 31.2. The van der Waals surface area contributed by atoms with Gasteiger partial charge in [0.2, 0.25) is 5.95 Å². The van der Waals surface area contributed by atoms with Gasteiger partial charge < -0.3 is 14.9 Å². The van der Waals surface area contributed by atoms with E-state index >= 15 is 0 Å². The van der Waals surface area contributed by atoms with Crippen molar-refractivity contribution in [3.8, 4) is 11.1 Å². The fourth-order valence-electron chi connectivity index (χ4n) is 6.92. The van der Waals surface area contributed by atoms with Crippen LogP contribution < -0.4 is 5.32 Å². The molecule has 5 aromatic rings. The molecule has 3 aromatic heterocycles. The molecule has 2 aliphatic rings. The van der Waals surface area contributed by atoms with Crippen molar-refractivity contribution in [1.82, 2.24) is 34.2 Å². The van der Waals surface area contributed by atoms with Gasteiger partial charge in [-0.2, -0.15) is 5.10 Å². The normalized spacial score (nSPS) is 20.5. The molecule has 1 aliphatic carbocycles. The topological polar surface area (TPSA) is 103 Å². The smallest absolute Gasteiger partial charge is 0.205 e. The number of imidazole rings is 2. The lowest BCUT2D eigenvalue weighted by Crippen LogP contribution is -2.35. The summed E-state index contributed by atoms with van der Waals surface area (Å²) in [7, 11) is 2.22. The maximum absolute atomic E-state index is 14.4. The Hall–Kier alpha value is -3.73. The minimum atomic E-state index is -1.000. The molecule has 1 saturated carbocycles. The van der Waals surface area contributed by atoms with E-state index in [-0.39, 0.29) is 18.8 Å². The standard InChI is InChI=1S/C33H36Cl2FN9/c1-19-4-3-5-23(12-19)43(2)15-20-6-8-21(9-7-20)24-14-26(34)25-17-45(42-29(25)28(24)35)31(32(37)41-33-38-10-11-39-33)30-27-13-22(36)16-44(27)18-40-30/h6-11,14,17-19,22-23,31H,3-5,12-13,15-16H2,1-2H3,(H3,37,38,39,41)/t19?,22-,23?,31?/m1/s1. The van der Waals surface area contributed by atoms with E-state index in [4.69, 9.17) is 33.7 Å². The van der Waals surface area contributed by atoms with Crippen LogP contribution in [0.5, 0.6) is 0 Å². The summed E-state index contributed by atoms with van der Waals surface area (Å²) < 4.78 is 17.8. The molecule has 9 nitrogen and oxygen atoms in total. The largest absolute Gasteiger partial charge is 0.331 e. The maximum Gasteiger partial charge on any atom is 0.205 e. The quantitative estimate of drug-likeness (QED) is 0.119. The number of aromatic amines is 1. The third kappa shape index (κ3) is 5.87. The molecular formula is C33H36Cl2FN9. The molecule has 1 aliphatic heterocycles. The summed E-state index contributed by atoms with van der Waals surface area (Å²) in [5.41, 5.74) is 4.78. The van der Waals surface area contributed by atoms with Crippen LogP contribution in [-0.4, -0.2) is 59.3 Å². The highest BCUT2D eigenvalue weighted by Crippen LogP contribution is 2.39. The third-order valence-corrected chi connectivity index (χ3v) is 9.97. The fraction of sp³-hybridized carbons (Fsp3) is 0.394. The number of benzene rings is 2. The second-order valence-corrected chi connectivity index (χ2v) is 13.3. The molecule has 0 radical (unpaired) electrons. The number of anilines is 1. The lowest BCUT2D eigenvalue weighted by Gasteiger charge is -2.34. The van der Waals surface area contributed by atoms with Gasteiger partial charge >= 0.3 is 0 Å². The Morgan fingerprint density at radius 1 is 1.22 bits per heavy atom. The van der Waals surface area contributed by atoms with Crippen molar-refractivity contribution < 1.29 is 4.39 Å². The van der Waals surface area contributed by atoms with Crippen LogP contribution in [-0.2, 0) is 19.5 Å². The van der Waals surface area contributed by atoms with Crippen LogP contribution in [0, 0.1) is 11.3 Å². The van der Waals surface area contributed by atoms with Gasteiger partial charge in [-0.1, -0.05) is 67.2 Å². The van der Waals surface area contributed by atoms with Gasteiger partial charge in [0.15, 0.2) is 6.04 Å². The van der Waals surface area contributed by atoms with Crippen LogP contribution >= 0.6 is 23.2 Å². The number of alkyl halides is 1. The lowest BCUT2D eigenvalue weighted by molar-refractivity contribution is 0.158. The van der Waals surface area contributed by atoms with Gasteiger partial charge in [0, 0.05) is 54.2 Å². The third-order valence-electron chi connectivity index (χ3n) is 9.27. The molecule has 0 spiro atoms. The Kier molecular flexibility index (Phi) is 8.14. The summed E-state index contributed by atoms with van der Waals surface area (Å²) >= 11 is 13.9. The first-order valence-electron chi connectivity index (χ1n) is 15.4. The predicted octanol–water partition coefficient (Wildman–Crippen LogP) is 7.51. The monoisotopic (exact) mass is 647 g/mol. The zero-order valence-electron chi connectivity index (χ0n) is 25.3. The number of H-pyrrole nitrogens is 1. The maximum atomic E-state index is 14.4. The van der Waals surface area contributed by atoms with Crippen LogP contribution in [0.3, 0.4) is 0 Å². The average molecular weight is 649 g/mol. The van der Waals surface area contributed by atoms with E-state index in [1.54, 1.807) is 34.2 Å². The Bertz CT molecular complexity index is 1830. The molecule has 3 unspecified atom stereocenters. The summed E-state index contributed by atoms with van der Waals surface area (Å²) in [5.74, 6) is 1.26. The van der Waals surface area contributed by atoms with Gasteiger partial charge in [-0.25, -0.2) is 14.4 Å². The number of amidine groups is 1. The van der Waals surface area contributed by atoms with E-state index in [1.807, 2.05) is 6.07 Å². The van der Waals surface area contributed by atoms with Gasteiger partial charge in [-0.15, -0.1) is 0 Å². The van der Waals surface area contributed by atoms with Crippen LogP contribution in [0.2, 0.25) is 10.0 Å². The van der Waals surface area contributed by atoms with Crippen LogP contribution in [0.1, 0.15) is 55.6 Å². The first-order chi connectivity index (χ1) is 21.7. The molecule has 0 saturated heterocycles. The van der Waals surface area contributed by atoms with Crippen LogP contribution in [0.4, 0.5) is 10.3 Å². The van der Waals surface area contributed by atoms with Gasteiger partial charge in [-0.3, -0.25) is 15.0 Å². The van der Waals surface area contributed by atoms with E-state index in [9.17, 15) is 4.39 Å². The molecular weight excluding hydrogens is 612 g/mol. The molecule has 0 amide bonds.